The molecule has 0 saturated carbocycles. The number of halogens is 1. The van der Waals surface area contributed by atoms with Gasteiger partial charge in [-0.3, -0.25) is 0 Å². The van der Waals surface area contributed by atoms with E-state index in [0.717, 1.165) is 28.2 Å². The first-order valence-corrected chi connectivity index (χ1v) is 11.3. The molecule has 27 heavy (non-hydrogen) atoms. The van der Waals surface area contributed by atoms with Crippen molar-refractivity contribution < 1.29 is 8.42 Å². The molecular weight excluding hydrogens is 402 g/mol. The monoisotopic (exact) mass is 423 g/mol. The predicted octanol–water partition coefficient (Wildman–Crippen LogP) is 4.47. The summed E-state index contributed by atoms with van der Waals surface area (Å²) in [6.07, 6.45) is 4.45. The van der Waals surface area contributed by atoms with Crippen molar-refractivity contribution in [3.63, 3.8) is 0 Å². The maximum absolute atomic E-state index is 12.1. The van der Waals surface area contributed by atoms with Crippen molar-refractivity contribution in [3.8, 4) is 11.1 Å². The molecule has 3 aromatic rings. The van der Waals surface area contributed by atoms with Gasteiger partial charge in [0.15, 0.2) is 0 Å². The largest absolute Gasteiger partial charge is 0.331 e. The van der Waals surface area contributed by atoms with Crippen LogP contribution in [0.2, 0.25) is 5.02 Å². The Kier molecular flexibility index (Phi) is 5.76. The van der Waals surface area contributed by atoms with E-state index >= 15 is 0 Å². The number of imidazole rings is 1. The molecule has 0 radical (unpaired) electrons. The molecule has 0 atom stereocenters. The molecule has 144 valence electrons. The van der Waals surface area contributed by atoms with Gasteiger partial charge in [0, 0.05) is 27.9 Å². The predicted molar refractivity (Wildman–Crippen MR) is 111 cm³/mol. The highest BCUT2D eigenvalue weighted by Gasteiger charge is 2.21. The molecule has 0 bridgehead atoms. The van der Waals surface area contributed by atoms with Gasteiger partial charge in [0.25, 0.3) is 0 Å². The Morgan fingerprint density at radius 3 is 2.59 bits per heavy atom. The summed E-state index contributed by atoms with van der Waals surface area (Å²) in [4.78, 5) is 5.21. The highest BCUT2D eigenvalue weighted by atomic mass is 35.5. The van der Waals surface area contributed by atoms with Crippen molar-refractivity contribution in [2.24, 2.45) is 11.1 Å². The number of thiophene rings is 1. The Bertz CT molecular complexity index is 1070. The molecule has 5 nitrogen and oxygen atoms in total. The molecule has 0 unspecified atom stereocenters. The molecular formula is C19H22ClN3O2S2. The van der Waals surface area contributed by atoms with Crippen molar-refractivity contribution in [3.05, 3.63) is 57.9 Å². The van der Waals surface area contributed by atoms with Gasteiger partial charge < -0.3 is 4.57 Å². The Hall–Kier alpha value is -1.67. The third-order valence-corrected chi connectivity index (χ3v) is 7.23. The zero-order valence-electron chi connectivity index (χ0n) is 15.4. The first kappa shape index (κ1) is 20.1. The minimum absolute atomic E-state index is 0.187. The van der Waals surface area contributed by atoms with E-state index in [9.17, 15) is 8.42 Å². The SMILES string of the molecule is Cc1nccn1Cc1ccc(-c2cc(CC(C)C)sc2S(N)(=O)=O)cc1Cl. The summed E-state index contributed by atoms with van der Waals surface area (Å²) in [5.41, 5.74) is 2.31. The normalized spacial score (nSPS) is 12.1. The molecule has 0 aliphatic heterocycles. The number of hydrogen-bond acceptors (Lipinski definition) is 4. The number of nitrogens with zero attached hydrogens (tertiary/aromatic N) is 2. The summed E-state index contributed by atoms with van der Waals surface area (Å²) in [5, 5.41) is 6.03. The maximum atomic E-state index is 12.1. The van der Waals surface area contributed by atoms with Gasteiger partial charge in [-0.15, -0.1) is 11.3 Å². The molecule has 0 aliphatic rings. The van der Waals surface area contributed by atoms with Crippen molar-refractivity contribution in [1.82, 2.24) is 9.55 Å². The van der Waals surface area contributed by atoms with Gasteiger partial charge in [-0.2, -0.15) is 0 Å². The highest BCUT2D eigenvalue weighted by molar-refractivity contribution is 7.91. The number of primary sulfonamides is 1. The van der Waals surface area contributed by atoms with Gasteiger partial charge in [0.05, 0.1) is 6.54 Å². The minimum Gasteiger partial charge on any atom is -0.331 e. The molecule has 8 heteroatoms. The Morgan fingerprint density at radius 1 is 1.30 bits per heavy atom. The summed E-state index contributed by atoms with van der Waals surface area (Å²) in [6.45, 7) is 6.73. The fraction of sp³-hybridized carbons (Fsp3) is 0.316. The summed E-state index contributed by atoms with van der Waals surface area (Å²) in [5.74, 6) is 1.33. The summed E-state index contributed by atoms with van der Waals surface area (Å²) in [6, 6.07) is 7.53. The number of aryl methyl sites for hydroxylation is 1. The van der Waals surface area contributed by atoms with Gasteiger partial charge in [-0.05, 0) is 42.5 Å². The Morgan fingerprint density at radius 2 is 2.04 bits per heavy atom. The number of benzene rings is 1. The smallest absolute Gasteiger partial charge is 0.248 e. The van der Waals surface area contributed by atoms with Crippen LogP contribution in [0.3, 0.4) is 0 Å². The molecule has 1 aromatic carbocycles. The van der Waals surface area contributed by atoms with E-state index in [1.54, 1.807) is 12.3 Å². The third-order valence-electron chi connectivity index (χ3n) is 4.25. The van der Waals surface area contributed by atoms with E-state index in [4.69, 9.17) is 16.7 Å². The van der Waals surface area contributed by atoms with E-state index in [1.165, 1.54) is 11.3 Å². The number of aromatic nitrogens is 2. The van der Waals surface area contributed by atoms with Crippen LogP contribution in [0.4, 0.5) is 0 Å². The number of sulfonamides is 1. The lowest BCUT2D eigenvalue weighted by Gasteiger charge is -2.10. The zero-order valence-corrected chi connectivity index (χ0v) is 17.8. The van der Waals surface area contributed by atoms with Crippen LogP contribution in [-0.2, 0) is 23.0 Å². The molecule has 3 rings (SSSR count). The average molecular weight is 424 g/mol. The van der Waals surface area contributed by atoms with Crippen LogP contribution in [0, 0.1) is 12.8 Å². The van der Waals surface area contributed by atoms with Crippen molar-refractivity contribution in [1.29, 1.82) is 0 Å². The first-order valence-electron chi connectivity index (χ1n) is 8.57. The lowest BCUT2D eigenvalue weighted by Crippen LogP contribution is -2.11. The van der Waals surface area contributed by atoms with Crippen molar-refractivity contribution in [2.75, 3.05) is 0 Å². The Labute approximate surface area is 168 Å². The van der Waals surface area contributed by atoms with E-state index < -0.39 is 10.0 Å². The van der Waals surface area contributed by atoms with Crippen LogP contribution >= 0.6 is 22.9 Å². The lowest BCUT2D eigenvalue weighted by molar-refractivity contribution is 0.600. The quantitative estimate of drug-likeness (QED) is 0.635. The minimum atomic E-state index is -3.80. The zero-order chi connectivity index (χ0) is 19.8. The van der Waals surface area contributed by atoms with Crippen molar-refractivity contribution in [2.45, 2.75) is 37.9 Å². The van der Waals surface area contributed by atoms with Gasteiger partial charge in [0.2, 0.25) is 10.0 Å². The maximum Gasteiger partial charge on any atom is 0.248 e. The molecule has 0 fully saturated rings. The number of rotatable bonds is 6. The van der Waals surface area contributed by atoms with E-state index in [1.807, 2.05) is 35.9 Å². The van der Waals surface area contributed by atoms with E-state index in [0.29, 0.717) is 23.0 Å². The van der Waals surface area contributed by atoms with Gasteiger partial charge in [0.1, 0.15) is 10.0 Å². The molecule has 2 aromatic heterocycles. The standard InChI is InChI=1S/C19H22ClN3O2S2/c1-12(2)8-16-10-17(19(26-16)27(21,24)25)14-4-5-15(18(20)9-14)11-23-7-6-22-13(23)3/h4-7,9-10,12H,8,11H2,1-3H3,(H2,21,24,25). The fourth-order valence-electron chi connectivity index (χ4n) is 2.94. The topological polar surface area (TPSA) is 78.0 Å². The average Bonchev–Trinajstić information content (AvgIpc) is 3.15. The third kappa shape index (κ3) is 4.60. The second-order valence-corrected chi connectivity index (χ2v) is 10.3. The van der Waals surface area contributed by atoms with Crippen LogP contribution in [0.1, 0.15) is 30.1 Å². The lowest BCUT2D eigenvalue weighted by atomic mass is 10.0. The van der Waals surface area contributed by atoms with Crippen molar-refractivity contribution >= 4 is 33.0 Å². The molecule has 0 aliphatic carbocycles. The van der Waals surface area contributed by atoms with E-state index in [-0.39, 0.29) is 4.21 Å². The second-order valence-electron chi connectivity index (χ2n) is 6.97. The number of nitrogens with two attached hydrogens (primary N) is 1. The highest BCUT2D eigenvalue weighted by Crippen LogP contribution is 2.37. The van der Waals surface area contributed by atoms with Gasteiger partial charge >= 0.3 is 0 Å². The van der Waals surface area contributed by atoms with Gasteiger partial charge in [-0.25, -0.2) is 18.5 Å². The molecule has 2 heterocycles. The summed E-state index contributed by atoms with van der Waals surface area (Å²) < 4.78 is 26.3. The molecule has 2 N–H and O–H groups in total. The Balaban J connectivity index is 2.00. The van der Waals surface area contributed by atoms with Gasteiger partial charge in [-0.1, -0.05) is 37.6 Å². The molecule has 0 spiro atoms. The van der Waals surface area contributed by atoms with Crippen LogP contribution in [0.25, 0.3) is 11.1 Å². The molecule has 0 amide bonds. The van der Waals surface area contributed by atoms with Crippen LogP contribution in [-0.4, -0.2) is 18.0 Å². The fourth-order valence-corrected chi connectivity index (χ4v) is 5.56. The number of hydrogen-bond donors (Lipinski definition) is 1. The summed E-state index contributed by atoms with van der Waals surface area (Å²) in [7, 11) is -3.80. The van der Waals surface area contributed by atoms with E-state index in [2.05, 4.69) is 18.8 Å². The second kappa shape index (κ2) is 7.75. The summed E-state index contributed by atoms with van der Waals surface area (Å²) >= 11 is 7.73. The van der Waals surface area contributed by atoms with Crippen LogP contribution < -0.4 is 5.14 Å². The first-order chi connectivity index (χ1) is 12.6. The molecule has 0 saturated heterocycles. The van der Waals surface area contributed by atoms with Crippen LogP contribution in [0.15, 0.2) is 40.9 Å². The van der Waals surface area contributed by atoms with Crippen LogP contribution in [0.5, 0.6) is 0 Å².